The third kappa shape index (κ3) is 4.25. The van der Waals surface area contributed by atoms with E-state index < -0.39 is 0 Å². The van der Waals surface area contributed by atoms with E-state index in [4.69, 9.17) is 0 Å². The van der Waals surface area contributed by atoms with Crippen LogP contribution in [0.5, 0.6) is 0 Å². The average Bonchev–Trinajstić information content (AvgIpc) is 2.31. The van der Waals surface area contributed by atoms with E-state index in [2.05, 4.69) is 49.4 Å². The van der Waals surface area contributed by atoms with E-state index in [-0.39, 0.29) is 0 Å². The first-order valence-corrected chi connectivity index (χ1v) is 6.66. The van der Waals surface area contributed by atoms with Crippen LogP contribution in [-0.4, -0.2) is 17.6 Å². The molecule has 0 amide bonds. The summed E-state index contributed by atoms with van der Waals surface area (Å²) in [5.41, 5.74) is 2.18. The van der Waals surface area contributed by atoms with Crippen molar-refractivity contribution in [1.29, 1.82) is 0 Å². The molecule has 0 aliphatic heterocycles. The predicted molar refractivity (Wildman–Crippen MR) is 75.6 cm³/mol. The lowest BCUT2D eigenvalue weighted by Gasteiger charge is -2.23. The number of hydrogen-bond acceptors (Lipinski definition) is 3. The molecule has 0 spiro atoms. The monoisotopic (exact) mass is 235 g/mol. The maximum atomic E-state index is 4.24. The second kappa shape index (κ2) is 7.15. The Labute approximate surface area is 105 Å². The summed E-state index contributed by atoms with van der Waals surface area (Å²) in [5, 5.41) is 6.82. The Balaban J connectivity index is 2.63. The summed E-state index contributed by atoms with van der Waals surface area (Å²) in [6.07, 6.45) is 6.17. The number of rotatable bonds is 7. The molecule has 96 valence electrons. The van der Waals surface area contributed by atoms with Crippen molar-refractivity contribution in [1.82, 2.24) is 4.98 Å². The Morgan fingerprint density at radius 2 is 1.76 bits per heavy atom. The summed E-state index contributed by atoms with van der Waals surface area (Å²) in [4.78, 5) is 4.24. The fourth-order valence-corrected chi connectivity index (χ4v) is 2.20. The Bertz CT molecular complexity index is 321. The fraction of sp³-hybridized carbons (Fsp3) is 0.643. The van der Waals surface area contributed by atoms with E-state index in [0.717, 1.165) is 23.8 Å². The van der Waals surface area contributed by atoms with Crippen molar-refractivity contribution in [2.75, 3.05) is 17.2 Å². The van der Waals surface area contributed by atoms with Gasteiger partial charge in [0.2, 0.25) is 0 Å². The van der Waals surface area contributed by atoms with Crippen LogP contribution in [-0.2, 0) is 0 Å². The molecule has 0 aliphatic rings. The lowest BCUT2D eigenvalue weighted by molar-refractivity contribution is 0.438. The minimum absolute atomic E-state index is 0.490. The van der Waals surface area contributed by atoms with E-state index in [1.165, 1.54) is 12.8 Å². The number of hydrogen-bond donors (Lipinski definition) is 2. The van der Waals surface area contributed by atoms with Gasteiger partial charge in [-0.05, 0) is 25.8 Å². The van der Waals surface area contributed by atoms with Gasteiger partial charge >= 0.3 is 0 Å². The molecule has 0 aromatic carbocycles. The van der Waals surface area contributed by atoms with Gasteiger partial charge in [0.1, 0.15) is 0 Å². The van der Waals surface area contributed by atoms with Crippen LogP contribution in [0.4, 0.5) is 11.4 Å². The maximum Gasteiger partial charge on any atom is 0.0549 e. The molecule has 0 bridgehead atoms. The molecule has 1 aromatic heterocycles. The lowest BCUT2D eigenvalue weighted by atomic mass is 9.95. The van der Waals surface area contributed by atoms with Gasteiger partial charge in [-0.15, -0.1) is 0 Å². The Morgan fingerprint density at radius 1 is 1.12 bits per heavy atom. The van der Waals surface area contributed by atoms with Crippen LogP contribution >= 0.6 is 0 Å². The van der Waals surface area contributed by atoms with Crippen molar-refractivity contribution in [2.45, 2.75) is 46.6 Å². The van der Waals surface area contributed by atoms with Crippen LogP contribution < -0.4 is 10.6 Å². The second-order valence-electron chi connectivity index (χ2n) is 4.50. The number of pyridine rings is 1. The van der Waals surface area contributed by atoms with Gasteiger partial charge in [0, 0.05) is 12.6 Å². The molecule has 0 saturated heterocycles. The molecular weight excluding hydrogens is 210 g/mol. The Kier molecular flexibility index (Phi) is 5.81. The Hall–Kier alpha value is -1.25. The van der Waals surface area contributed by atoms with Crippen LogP contribution in [0.2, 0.25) is 0 Å². The zero-order valence-corrected chi connectivity index (χ0v) is 11.5. The first kappa shape index (κ1) is 13.8. The number of anilines is 2. The molecule has 0 radical (unpaired) electrons. The van der Waals surface area contributed by atoms with E-state index in [1.807, 2.05) is 12.4 Å². The summed E-state index contributed by atoms with van der Waals surface area (Å²) < 4.78 is 0. The van der Waals surface area contributed by atoms with Gasteiger partial charge in [-0.1, -0.05) is 26.7 Å². The number of aromatic nitrogens is 1. The lowest BCUT2D eigenvalue weighted by Crippen LogP contribution is -2.25. The zero-order chi connectivity index (χ0) is 12.7. The molecule has 1 unspecified atom stereocenters. The van der Waals surface area contributed by atoms with Gasteiger partial charge in [-0.3, -0.25) is 4.98 Å². The normalized spacial score (nSPS) is 12.5. The van der Waals surface area contributed by atoms with E-state index in [0.29, 0.717) is 6.04 Å². The smallest absolute Gasteiger partial charge is 0.0549 e. The number of nitrogens with zero attached hydrogens (tertiary/aromatic N) is 1. The summed E-state index contributed by atoms with van der Waals surface area (Å²) in [6, 6.07) is 2.61. The van der Waals surface area contributed by atoms with Gasteiger partial charge in [-0.25, -0.2) is 0 Å². The number of nitrogens with one attached hydrogen (secondary N) is 2. The quantitative estimate of drug-likeness (QED) is 0.755. The van der Waals surface area contributed by atoms with Crippen molar-refractivity contribution in [3.63, 3.8) is 0 Å². The minimum atomic E-state index is 0.490. The van der Waals surface area contributed by atoms with Crippen molar-refractivity contribution in [2.24, 2.45) is 5.92 Å². The average molecular weight is 235 g/mol. The molecule has 3 nitrogen and oxygen atoms in total. The molecule has 17 heavy (non-hydrogen) atoms. The highest BCUT2D eigenvalue weighted by atomic mass is 14.9. The molecule has 1 atom stereocenters. The molecule has 1 aromatic rings. The van der Waals surface area contributed by atoms with Gasteiger partial charge in [-0.2, -0.15) is 0 Å². The highest BCUT2D eigenvalue weighted by Crippen LogP contribution is 2.19. The molecular formula is C14H25N3. The SMILES string of the molecule is CCNc1cncc(NC(C)C(CC)CC)c1. The van der Waals surface area contributed by atoms with Crippen LogP contribution in [0.1, 0.15) is 40.5 Å². The fourth-order valence-electron chi connectivity index (χ4n) is 2.20. The standard InChI is InChI=1S/C14H25N3/c1-5-12(6-2)11(4)17-14-8-13(16-7-3)9-15-10-14/h8-12,16-17H,5-7H2,1-4H3. The zero-order valence-electron chi connectivity index (χ0n) is 11.5. The molecule has 0 fully saturated rings. The van der Waals surface area contributed by atoms with Crippen LogP contribution in [0, 0.1) is 5.92 Å². The van der Waals surface area contributed by atoms with E-state index >= 15 is 0 Å². The van der Waals surface area contributed by atoms with Gasteiger partial charge in [0.25, 0.3) is 0 Å². The van der Waals surface area contributed by atoms with E-state index in [1.54, 1.807) is 0 Å². The van der Waals surface area contributed by atoms with Crippen molar-refractivity contribution >= 4 is 11.4 Å². The van der Waals surface area contributed by atoms with Crippen molar-refractivity contribution in [3.8, 4) is 0 Å². The van der Waals surface area contributed by atoms with Crippen LogP contribution in [0.15, 0.2) is 18.5 Å². The minimum Gasteiger partial charge on any atom is -0.384 e. The maximum absolute atomic E-state index is 4.24. The highest BCUT2D eigenvalue weighted by molar-refractivity contribution is 5.54. The topological polar surface area (TPSA) is 37.0 Å². The molecule has 1 heterocycles. The highest BCUT2D eigenvalue weighted by Gasteiger charge is 2.13. The molecule has 0 saturated carbocycles. The van der Waals surface area contributed by atoms with Crippen LogP contribution in [0.3, 0.4) is 0 Å². The molecule has 2 N–H and O–H groups in total. The summed E-state index contributed by atoms with van der Waals surface area (Å²) in [5.74, 6) is 0.720. The summed E-state index contributed by atoms with van der Waals surface area (Å²) in [7, 11) is 0. The third-order valence-electron chi connectivity index (χ3n) is 3.27. The second-order valence-corrected chi connectivity index (χ2v) is 4.50. The van der Waals surface area contributed by atoms with Crippen LogP contribution in [0.25, 0.3) is 0 Å². The van der Waals surface area contributed by atoms with Crippen molar-refractivity contribution in [3.05, 3.63) is 18.5 Å². The summed E-state index contributed by atoms with van der Waals surface area (Å²) in [6.45, 7) is 9.76. The van der Waals surface area contributed by atoms with E-state index in [9.17, 15) is 0 Å². The largest absolute Gasteiger partial charge is 0.384 e. The van der Waals surface area contributed by atoms with Crippen molar-refractivity contribution < 1.29 is 0 Å². The molecule has 3 heteroatoms. The third-order valence-corrected chi connectivity index (χ3v) is 3.27. The Morgan fingerprint density at radius 3 is 2.35 bits per heavy atom. The van der Waals surface area contributed by atoms with Gasteiger partial charge in [0.15, 0.2) is 0 Å². The first-order chi connectivity index (χ1) is 8.21. The molecule has 1 rings (SSSR count). The predicted octanol–water partition coefficient (Wildman–Crippen LogP) is 3.75. The summed E-state index contributed by atoms with van der Waals surface area (Å²) >= 11 is 0. The van der Waals surface area contributed by atoms with Gasteiger partial charge in [0.05, 0.1) is 23.8 Å². The van der Waals surface area contributed by atoms with Gasteiger partial charge < -0.3 is 10.6 Å². The first-order valence-electron chi connectivity index (χ1n) is 6.66. The molecule has 0 aliphatic carbocycles.